The number of benzene rings is 5. The van der Waals surface area contributed by atoms with Gasteiger partial charge >= 0.3 is 0 Å². The molecule has 2 unspecified atom stereocenters. The Morgan fingerprint density at radius 1 is 0.711 bits per heavy atom. The van der Waals surface area contributed by atoms with E-state index in [0.717, 1.165) is 5.56 Å². The molecule has 0 aliphatic carbocycles. The number of rotatable bonds is 7. The molecule has 2 aliphatic heterocycles. The van der Waals surface area contributed by atoms with E-state index in [-0.39, 0.29) is 28.6 Å². The summed E-state index contributed by atoms with van der Waals surface area (Å²) in [5, 5.41) is 3.31. The number of thiocarbonyl (C=S) groups is 1. The van der Waals surface area contributed by atoms with Crippen LogP contribution in [0.15, 0.2) is 140 Å². The first kappa shape index (κ1) is 28.5. The summed E-state index contributed by atoms with van der Waals surface area (Å²) < 4.78 is 14.4. The normalized spacial score (nSPS) is 19.8. The van der Waals surface area contributed by atoms with Gasteiger partial charge in [-0.1, -0.05) is 134 Å². The average molecular weight is 611 g/mol. The highest BCUT2D eigenvalue weighted by Crippen LogP contribution is 2.61. The summed E-state index contributed by atoms with van der Waals surface area (Å²) in [7, 11) is 0. The molecule has 7 heteroatoms. The number of nitrogens with one attached hydrogen (secondary N) is 1. The molecular weight excluding hydrogens is 583 g/mol. The van der Waals surface area contributed by atoms with E-state index < -0.39 is 34.3 Å². The van der Waals surface area contributed by atoms with Gasteiger partial charge < -0.3 is 10.2 Å². The van der Waals surface area contributed by atoms with Crippen LogP contribution in [0.2, 0.25) is 0 Å². The molecule has 0 aromatic heterocycles. The monoisotopic (exact) mass is 610 g/mol. The third-order valence-corrected chi connectivity index (χ3v) is 9.34. The Morgan fingerprint density at radius 3 is 1.80 bits per heavy atom. The van der Waals surface area contributed by atoms with Gasteiger partial charge in [-0.05, 0) is 29.3 Å². The Kier molecular flexibility index (Phi) is 6.98. The van der Waals surface area contributed by atoms with Gasteiger partial charge in [0.1, 0.15) is 5.82 Å². The van der Waals surface area contributed by atoms with E-state index in [1.165, 1.54) is 12.1 Å². The molecule has 1 N–H and O–H groups in total. The van der Waals surface area contributed by atoms with Crippen LogP contribution in [0.1, 0.15) is 43.3 Å². The minimum absolute atomic E-state index is 0.0516. The van der Waals surface area contributed by atoms with Crippen LogP contribution in [0.4, 0.5) is 10.1 Å². The lowest BCUT2D eigenvalue weighted by Gasteiger charge is -2.37. The summed E-state index contributed by atoms with van der Waals surface area (Å²) in [5.74, 6) is -3.07. The minimum atomic E-state index is -2.04. The Bertz CT molecular complexity index is 1900. The summed E-state index contributed by atoms with van der Waals surface area (Å²) in [5.41, 5.74) is -0.568. The lowest BCUT2D eigenvalue weighted by Crippen LogP contribution is -2.52. The second kappa shape index (κ2) is 11.0. The number of amides is 1. The third-order valence-electron chi connectivity index (χ3n) is 8.91. The van der Waals surface area contributed by atoms with Gasteiger partial charge in [-0.3, -0.25) is 14.4 Å². The maximum Gasteiger partial charge on any atom is 0.258 e. The van der Waals surface area contributed by atoms with Gasteiger partial charge in [-0.25, -0.2) is 4.39 Å². The zero-order valence-electron chi connectivity index (χ0n) is 24.0. The van der Waals surface area contributed by atoms with Gasteiger partial charge in [0, 0.05) is 22.6 Å². The second-order valence-corrected chi connectivity index (χ2v) is 11.7. The molecular formula is C38H27FN2O3S. The molecule has 45 heavy (non-hydrogen) atoms. The van der Waals surface area contributed by atoms with Crippen molar-refractivity contribution in [2.75, 3.05) is 4.90 Å². The maximum absolute atomic E-state index is 15.1. The van der Waals surface area contributed by atoms with E-state index in [9.17, 15) is 4.39 Å². The van der Waals surface area contributed by atoms with E-state index >= 15 is 14.4 Å². The number of carbonyl (C=O) groups is 3. The Morgan fingerprint density at radius 2 is 1.22 bits per heavy atom. The van der Waals surface area contributed by atoms with Crippen molar-refractivity contribution in [1.82, 2.24) is 5.32 Å². The molecule has 7 rings (SSSR count). The summed E-state index contributed by atoms with van der Waals surface area (Å²) in [6.45, 7) is 0.259. The maximum atomic E-state index is 15.1. The fourth-order valence-electron chi connectivity index (χ4n) is 6.97. The zero-order chi connectivity index (χ0) is 31.2. The van der Waals surface area contributed by atoms with Gasteiger partial charge in [-0.15, -0.1) is 0 Å². The summed E-state index contributed by atoms with van der Waals surface area (Å²) in [4.78, 5) is 46.8. The van der Waals surface area contributed by atoms with Crippen molar-refractivity contribution in [2.45, 2.75) is 18.0 Å². The SMILES string of the molecule is O=C(c1ccccc1)C1(C(=O)c2ccccc2)C(=S)NC2(C(=O)N(Cc3ccccc3)c3ccccc32)C1c1ccc(F)cc1. The number of para-hydroxylation sites is 1. The van der Waals surface area contributed by atoms with Crippen molar-refractivity contribution < 1.29 is 18.8 Å². The van der Waals surface area contributed by atoms with Gasteiger partial charge in [0.2, 0.25) is 0 Å². The Balaban J connectivity index is 1.53. The Labute approximate surface area is 265 Å². The number of anilines is 1. The van der Waals surface area contributed by atoms with Crippen LogP contribution < -0.4 is 10.2 Å². The molecule has 220 valence electrons. The van der Waals surface area contributed by atoms with Crippen LogP contribution in [-0.4, -0.2) is 22.5 Å². The molecule has 5 nitrogen and oxygen atoms in total. The van der Waals surface area contributed by atoms with Crippen LogP contribution >= 0.6 is 12.2 Å². The number of nitrogens with zero attached hydrogens (tertiary/aromatic N) is 1. The van der Waals surface area contributed by atoms with E-state index in [1.807, 2.05) is 54.6 Å². The number of Topliss-reactive ketones (excluding diaryl/α,β-unsaturated/α-hetero) is 2. The lowest BCUT2D eigenvalue weighted by atomic mass is 9.59. The van der Waals surface area contributed by atoms with Crippen LogP contribution in [0.5, 0.6) is 0 Å². The number of ketones is 2. The predicted molar refractivity (Wildman–Crippen MR) is 175 cm³/mol. The number of hydrogen-bond acceptors (Lipinski definition) is 4. The van der Waals surface area contributed by atoms with Crippen molar-refractivity contribution >= 4 is 40.4 Å². The molecule has 5 aromatic rings. The van der Waals surface area contributed by atoms with E-state index in [1.54, 1.807) is 77.7 Å². The first-order valence-electron chi connectivity index (χ1n) is 14.6. The van der Waals surface area contributed by atoms with E-state index in [4.69, 9.17) is 12.2 Å². The van der Waals surface area contributed by atoms with Crippen molar-refractivity contribution in [3.8, 4) is 0 Å². The fraction of sp³-hybridized carbons (Fsp3) is 0.105. The number of fused-ring (bicyclic) bond motifs is 2. The first-order valence-corrected chi connectivity index (χ1v) is 15.0. The van der Waals surface area contributed by atoms with Crippen LogP contribution in [0.3, 0.4) is 0 Å². The fourth-order valence-corrected chi connectivity index (χ4v) is 7.43. The smallest absolute Gasteiger partial charge is 0.258 e. The summed E-state index contributed by atoms with van der Waals surface area (Å²) >= 11 is 6.07. The zero-order valence-corrected chi connectivity index (χ0v) is 24.8. The molecule has 5 aromatic carbocycles. The minimum Gasteiger partial charge on any atom is -0.360 e. The first-order chi connectivity index (χ1) is 21.9. The molecule has 2 aliphatic rings. The summed E-state index contributed by atoms with van der Waals surface area (Å²) in [6.07, 6.45) is 0. The van der Waals surface area contributed by atoms with Gasteiger partial charge in [0.15, 0.2) is 22.5 Å². The Hall–Kier alpha value is -5.27. The molecule has 0 bridgehead atoms. The standard InChI is InChI=1S/C38H27FN2O3S/c39-29-22-20-26(21-23-29)32-37(33(42)27-14-6-2-7-15-27,34(43)28-16-8-3-9-17-28)35(45)40-38(32)30-18-10-11-19-31(30)41(36(38)44)24-25-12-4-1-5-13-25/h1-23,32H,24H2,(H,40,45). The quantitative estimate of drug-likeness (QED) is 0.122. The highest BCUT2D eigenvalue weighted by molar-refractivity contribution is 7.80. The van der Waals surface area contributed by atoms with Crippen molar-refractivity contribution in [1.29, 1.82) is 0 Å². The molecule has 1 fully saturated rings. The van der Waals surface area contributed by atoms with Crippen LogP contribution in [-0.2, 0) is 16.9 Å². The molecule has 2 heterocycles. The van der Waals surface area contributed by atoms with Crippen molar-refractivity contribution in [3.63, 3.8) is 0 Å². The number of hydrogen-bond donors (Lipinski definition) is 1. The second-order valence-electron chi connectivity index (χ2n) is 11.3. The summed E-state index contributed by atoms with van der Waals surface area (Å²) in [6, 6.07) is 39.6. The van der Waals surface area contributed by atoms with Crippen LogP contribution in [0.25, 0.3) is 0 Å². The van der Waals surface area contributed by atoms with Crippen LogP contribution in [0, 0.1) is 11.2 Å². The van der Waals surface area contributed by atoms with Gasteiger partial charge in [0.25, 0.3) is 5.91 Å². The number of halogens is 1. The predicted octanol–water partition coefficient (Wildman–Crippen LogP) is 7.03. The molecule has 0 saturated carbocycles. The largest absolute Gasteiger partial charge is 0.360 e. The topological polar surface area (TPSA) is 66.5 Å². The van der Waals surface area contributed by atoms with E-state index in [2.05, 4.69) is 5.32 Å². The van der Waals surface area contributed by atoms with Crippen molar-refractivity contribution in [3.05, 3.63) is 173 Å². The highest BCUT2D eigenvalue weighted by Gasteiger charge is 2.73. The number of carbonyl (C=O) groups excluding carboxylic acids is 3. The van der Waals surface area contributed by atoms with E-state index in [0.29, 0.717) is 16.8 Å². The third kappa shape index (κ3) is 4.26. The molecule has 1 amide bonds. The molecule has 1 spiro atoms. The van der Waals surface area contributed by atoms with Crippen molar-refractivity contribution in [2.24, 2.45) is 5.41 Å². The molecule has 0 radical (unpaired) electrons. The highest BCUT2D eigenvalue weighted by atomic mass is 32.1. The molecule has 1 saturated heterocycles. The van der Waals surface area contributed by atoms with Gasteiger partial charge in [0.05, 0.1) is 17.2 Å². The van der Waals surface area contributed by atoms with Gasteiger partial charge in [-0.2, -0.15) is 0 Å². The average Bonchev–Trinajstić information content (AvgIpc) is 3.49. The molecule has 2 atom stereocenters. The lowest BCUT2D eigenvalue weighted by molar-refractivity contribution is -0.124.